The second-order valence-corrected chi connectivity index (χ2v) is 3.90. The quantitative estimate of drug-likeness (QED) is 0.666. The Morgan fingerprint density at radius 1 is 1.50 bits per heavy atom. The van der Waals surface area contributed by atoms with Crippen LogP contribution in [0.2, 0.25) is 0 Å². The number of aliphatic hydroxyl groups excluding tert-OH is 1. The van der Waals surface area contributed by atoms with Gasteiger partial charge in [0.15, 0.2) is 0 Å². The van der Waals surface area contributed by atoms with E-state index in [4.69, 9.17) is 0 Å². The van der Waals surface area contributed by atoms with E-state index in [1.807, 2.05) is 0 Å². The zero-order valence-corrected chi connectivity index (χ0v) is 7.27. The van der Waals surface area contributed by atoms with E-state index >= 15 is 0 Å². The van der Waals surface area contributed by atoms with Crippen molar-refractivity contribution in [2.45, 2.75) is 11.9 Å². The molecule has 0 aromatic heterocycles. The molecule has 1 heterocycles. The van der Waals surface area contributed by atoms with Crippen LogP contribution in [-0.4, -0.2) is 10.9 Å². The summed E-state index contributed by atoms with van der Waals surface area (Å²) in [5.74, 6) is 1.29. The molecule has 1 aromatic carbocycles. The summed E-state index contributed by atoms with van der Waals surface area (Å²) in [4.78, 5) is 0. The van der Waals surface area contributed by atoms with Gasteiger partial charge in [-0.25, -0.2) is 4.39 Å². The summed E-state index contributed by atoms with van der Waals surface area (Å²) in [6.45, 7) is 0. The molecule has 0 bridgehead atoms. The van der Waals surface area contributed by atoms with E-state index < -0.39 is 6.10 Å². The van der Waals surface area contributed by atoms with Crippen molar-refractivity contribution in [2.75, 3.05) is 5.75 Å². The molecule has 0 saturated heterocycles. The molecule has 12 heavy (non-hydrogen) atoms. The Morgan fingerprint density at radius 3 is 3.17 bits per heavy atom. The highest BCUT2D eigenvalue weighted by atomic mass is 32.2. The maximum atomic E-state index is 12.8. The third-order valence-electron chi connectivity index (χ3n) is 2.00. The fourth-order valence-corrected chi connectivity index (χ4v) is 2.38. The molecule has 64 valence electrons. The highest BCUT2D eigenvalue weighted by Gasteiger charge is 2.18. The van der Waals surface area contributed by atoms with Crippen LogP contribution in [0.4, 0.5) is 4.39 Å². The van der Waals surface area contributed by atoms with Crippen LogP contribution in [0, 0.1) is 5.82 Å². The molecule has 0 spiro atoms. The van der Waals surface area contributed by atoms with Gasteiger partial charge in [-0.2, -0.15) is 11.8 Å². The number of benzene rings is 1. The first-order chi connectivity index (χ1) is 5.77. The molecule has 0 amide bonds. The SMILES string of the molecule is O[C@@H]1CSCc2ccc(F)cc21. The van der Waals surface area contributed by atoms with Gasteiger partial charge in [-0.15, -0.1) is 0 Å². The molecule has 1 N–H and O–H groups in total. The van der Waals surface area contributed by atoms with Crippen LogP contribution in [-0.2, 0) is 5.75 Å². The molecule has 1 aromatic rings. The fourth-order valence-electron chi connectivity index (χ4n) is 1.38. The van der Waals surface area contributed by atoms with E-state index in [9.17, 15) is 9.50 Å². The molecule has 0 radical (unpaired) electrons. The normalized spacial score (nSPS) is 22.0. The molecule has 0 aliphatic carbocycles. The summed E-state index contributed by atoms with van der Waals surface area (Å²) in [5, 5.41) is 9.50. The van der Waals surface area contributed by atoms with Crippen LogP contribution >= 0.6 is 11.8 Å². The van der Waals surface area contributed by atoms with E-state index in [1.165, 1.54) is 12.1 Å². The molecular formula is C9H9FOS. The van der Waals surface area contributed by atoms with Crippen LogP contribution in [0.3, 0.4) is 0 Å². The number of rotatable bonds is 0. The molecule has 1 atom stereocenters. The lowest BCUT2D eigenvalue weighted by atomic mass is 10.0. The minimum absolute atomic E-state index is 0.264. The Hall–Kier alpha value is -0.540. The number of thioether (sulfide) groups is 1. The maximum Gasteiger partial charge on any atom is 0.123 e. The Morgan fingerprint density at radius 2 is 2.33 bits per heavy atom. The minimum atomic E-state index is -0.491. The molecule has 0 fully saturated rings. The van der Waals surface area contributed by atoms with Crippen molar-refractivity contribution in [1.82, 2.24) is 0 Å². The lowest BCUT2D eigenvalue weighted by Gasteiger charge is -2.20. The van der Waals surface area contributed by atoms with Gasteiger partial charge in [0.2, 0.25) is 0 Å². The summed E-state index contributed by atoms with van der Waals surface area (Å²) >= 11 is 1.68. The minimum Gasteiger partial charge on any atom is -0.388 e. The number of fused-ring (bicyclic) bond motifs is 1. The number of aliphatic hydroxyl groups is 1. The highest BCUT2D eigenvalue weighted by Crippen LogP contribution is 2.31. The molecular weight excluding hydrogens is 175 g/mol. The van der Waals surface area contributed by atoms with Gasteiger partial charge in [0.1, 0.15) is 5.82 Å². The standard InChI is InChI=1S/C9H9FOS/c10-7-2-1-6-4-12-5-9(11)8(6)3-7/h1-3,9,11H,4-5H2/t9-/m1/s1. The monoisotopic (exact) mass is 184 g/mol. The molecule has 3 heteroatoms. The first-order valence-electron chi connectivity index (χ1n) is 3.81. The zero-order chi connectivity index (χ0) is 8.55. The number of halogens is 1. The topological polar surface area (TPSA) is 20.2 Å². The smallest absolute Gasteiger partial charge is 0.123 e. The maximum absolute atomic E-state index is 12.8. The second kappa shape index (κ2) is 3.07. The predicted octanol–water partition coefficient (Wildman–Crippen LogP) is 2.11. The molecule has 1 aliphatic rings. The van der Waals surface area contributed by atoms with Crippen LogP contribution in [0.25, 0.3) is 0 Å². The molecule has 1 aliphatic heterocycles. The molecule has 2 rings (SSSR count). The van der Waals surface area contributed by atoms with Gasteiger partial charge in [-0.05, 0) is 23.3 Å². The molecule has 0 unspecified atom stereocenters. The Bertz CT molecular complexity index is 301. The van der Waals surface area contributed by atoms with E-state index in [0.717, 1.165) is 16.9 Å². The summed E-state index contributed by atoms with van der Waals surface area (Å²) in [6, 6.07) is 4.62. The Kier molecular flexibility index (Phi) is 2.07. The summed E-state index contributed by atoms with van der Waals surface area (Å²) in [6.07, 6.45) is -0.491. The number of hydrogen-bond donors (Lipinski definition) is 1. The molecule has 1 nitrogen and oxygen atoms in total. The second-order valence-electron chi connectivity index (χ2n) is 2.87. The fraction of sp³-hybridized carbons (Fsp3) is 0.333. The van der Waals surface area contributed by atoms with Crippen LogP contribution < -0.4 is 0 Å². The lowest BCUT2D eigenvalue weighted by Crippen LogP contribution is -2.09. The largest absolute Gasteiger partial charge is 0.388 e. The van der Waals surface area contributed by atoms with Gasteiger partial charge in [0.25, 0.3) is 0 Å². The van der Waals surface area contributed by atoms with Gasteiger partial charge >= 0.3 is 0 Å². The Balaban J connectivity index is 2.47. The van der Waals surface area contributed by atoms with Crippen molar-refractivity contribution < 1.29 is 9.50 Å². The van der Waals surface area contributed by atoms with Crippen molar-refractivity contribution in [2.24, 2.45) is 0 Å². The predicted molar refractivity (Wildman–Crippen MR) is 47.5 cm³/mol. The van der Waals surface area contributed by atoms with Crippen LogP contribution in [0.1, 0.15) is 17.2 Å². The average molecular weight is 184 g/mol. The van der Waals surface area contributed by atoms with Crippen molar-refractivity contribution in [3.8, 4) is 0 Å². The number of hydrogen-bond acceptors (Lipinski definition) is 2. The van der Waals surface area contributed by atoms with E-state index in [1.54, 1.807) is 17.8 Å². The lowest BCUT2D eigenvalue weighted by molar-refractivity contribution is 0.201. The summed E-state index contributed by atoms with van der Waals surface area (Å²) in [5.41, 5.74) is 1.81. The van der Waals surface area contributed by atoms with Gasteiger partial charge in [-0.1, -0.05) is 6.07 Å². The Labute approximate surface area is 74.6 Å². The first-order valence-corrected chi connectivity index (χ1v) is 4.97. The summed E-state index contributed by atoms with van der Waals surface area (Å²) < 4.78 is 12.8. The van der Waals surface area contributed by atoms with Crippen LogP contribution in [0.5, 0.6) is 0 Å². The summed E-state index contributed by atoms with van der Waals surface area (Å²) in [7, 11) is 0. The van der Waals surface area contributed by atoms with Crippen molar-refractivity contribution in [3.63, 3.8) is 0 Å². The van der Waals surface area contributed by atoms with Crippen LogP contribution in [0.15, 0.2) is 18.2 Å². The third-order valence-corrected chi connectivity index (χ3v) is 3.07. The van der Waals surface area contributed by atoms with E-state index in [2.05, 4.69) is 0 Å². The van der Waals surface area contributed by atoms with Gasteiger partial charge in [0, 0.05) is 11.5 Å². The van der Waals surface area contributed by atoms with Crippen molar-refractivity contribution >= 4 is 11.8 Å². The highest BCUT2D eigenvalue weighted by molar-refractivity contribution is 7.98. The van der Waals surface area contributed by atoms with Gasteiger partial charge in [-0.3, -0.25) is 0 Å². The first kappa shape index (κ1) is 8.08. The van der Waals surface area contributed by atoms with Gasteiger partial charge < -0.3 is 5.11 Å². The van der Waals surface area contributed by atoms with E-state index in [0.29, 0.717) is 5.75 Å². The van der Waals surface area contributed by atoms with E-state index in [-0.39, 0.29) is 5.82 Å². The zero-order valence-electron chi connectivity index (χ0n) is 6.46. The van der Waals surface area contributed by atoms with Gasteiger partial charge in [0.05, 0.1) is 6.10 Å². The van der Waals surface area contributed by atoms with Crippen molar-refractivity contribution in [3.05, 3.63) is 35.1 Å². The third kappa shape index (κ3) is 1.34. The van der Waals surface area contributed by atoms with Crippen molar-refractivity contribution in [1.29, 1.82) is 0 Å². The average Bonchev–Trinajstić information content (AvgIpc) is 2.07. The molecule has 0 saturated carbocycles.